The highest BCUT2D eigenvalue weighted by molar-refractivity contribution is 7.09. The first-order chi connectivity index (χ1) is 11.6. The summed E-state index contributed by atoms with van der Waals surface area (Å²) in [4.78, 5) is 6.84. The standard InChI is InChI=1S/C19H22N2O2S/c1-14-4-7-17(8-5-14)22-12-19-20-16(13-24-19)10-21(3)11-18-9-6-15(2)23-18/h4-9,13H,10-12H2,1-3H3. The number of hydrogen-bond donors (Lipinski definition) is 0. The Morgan fingerprint density at radius 2 is 1.88 bits per heavy atom. The van der Waals surface area contributed by atoms with Crippen molar-refractivity contribution >= 4 is 11.3 Å². The monoisotopic (exact) mass is 342 g/mol. The van der Waals surface area contributed by atoms with Crippen molar-refractivity contribution in [2.24, 2.45) is 0 Å². The summed E-state index contributed by atoms with van der Waals surface area (Å²) < 4.78 is 11.4. The van der Waals surface area contributed by atoms with Gasteiger partial charge in [-0.3, -0.25) is 4.90 Å². The molecule has 2 aromatic heterocycles. The molecule has 2 heterocycles. The van der Waals surface area contributed by atoms with Gasteiger partial charge in [-0.2, -0.15) is 0 Å². The Bertz CT molecular complexity index is 777. The summed E-state index contributed by atoms with van der Waals surface area (Å²) in [6.45, 7) is 6.11. The normalized spacial score (nSPS) is 11.2. The molecule has 0 fully saturated rings. The van der Waals surface area contributed by atoms with Crippen molar-refractivity contribution in [1.29, 1.82) is 0 Å². The molecule has 0 aliphatic rings. The number of thiazole rings is 1. The molecular weight excluding hydrogens is 320 g/mol. The fourth-order valence-electron chi connectivity index (χ4n) is 2.44. The average molecular weight is 342 g/mol. The molecule has 1 aromatic carbocycles. The molecule has 0 N–H and O–H groups in total. The molecule has 3 rings (SSSR count). The maximum Gasteiger partial charge on any atom is 0.140 e. The van der Waals surface area contributed by atoms with Crippen LogP contribution in [0.3, 0.4) is 0 Å². The Labute approximate surface area is 146 Å². The lowest BCUT2D eigenvalue weighted by atomic mass is 10.2. The predicted molar refractivity (Wildman–Crippen MR) is 96.2 cm³/mol. The van der Waals surface area contributed by atoms with E-state index in [-0.39, 0.29) is 0 Å². The van der Waals surface area contributed by atoms with E-state index >= 15 is 0 Å². The quantitative estimate of drug-likeness (QED) is 0.631. The molecule has 3 aromatic rings. The smallest absolute Gasteiger partial charge is 0.140 e. The number of rotatable bonds is 7. The lowest BCUT2D eigenvalue weighted by molar-refractivity contribution is 0.280. The zero-order valence-electron chi connectivity index (χ0n) is 14.3. The zero-order valence-corrected chi connectivity index (χ0v) is 15.1. The van der Waals surface area contributed by atoms with Crippen molar-refractivity contribution in [3.63, 3.8) is 0 Å². The molecule has 0 atom stereocenters. The second-order valence-corrected chi connectivity index (χ2v) is 6.96. The van der Waals surface area contributed by atoms with E-state index in [1.807, 2.05) is 43.3 Å². The van der Waals surface area contributed by atoms with Gasteiger partial charge in [0, 0.05) is 11.9 Å². The third kappa shape index (κ3) is 4.69. The summed E-state index contributed by atoms with van der Waals surface area (Å²) in [5.74, 6) is 2.80. The summed E-state index contributed by atoms with van der Waals surface area (Å²) in [6, 6.07) is 12.1. The summed E-state index contributed by atoms with van der Waals surface area (Å²) in [7, 11) is 2.07. The Balaban J connectivity index is 1.50. The number of aryl methyl sites for hydroxylation is 2. The molecule has 24 heavy (non-hydrogen) atoms. The molecule has 0 saturated carbocycles. The van der Waals surface area contributed by atoms with Crippen molar-refractivity contribution in [3.05, 3.63) is 69.6 Å². The predicted octanol–water partition coefficient (Wildman–Crippen LogP) is 4.56. The maximum atomic E-state index is 5.78. The first kappa shape index (κ1) is 16.7. The second kappa shape index (κ2) is 7.64. The van der Waals surface area contributed by atoms with Gasteiger partial charge in [-0.25, -0.2) is 4.98 Å². The molecular formula is C19H22N2O2S. The van der Waals surface area contributed by atoms with Crippen LogP contribution in [0.5, 0.6) is 5.75 Å². The first-order valence-corrected chi connectivity index (χ1v) is 8.83. The second-order valence-electron chi connectivity index (χ2n) is 6.02. The van der Waals surface area contributed by atoms with Crippen LogP contribution in [0.2, 0.25) is 0 Å². The van der Waals surface area contributed by atoms with Crippen LogP contribution in [0.25, 0.3) is 0 Å². The fraction of sp³-hybridized carbons (Fsp3) is 0.316. The minimum atomic E-state index is 0.509. The molecule has 5 heteroatoms. The summed E-state index contributed by atoms with van der Waals surface area (Å²) in [5, 5.41) is 3.09. The van der Waals surface area contributed by atoms with E-state index in [1.54, 1.807) is 11.3 Å². The minimum Gasteiger partial charge on any atom is -0.486 e. The lowest BCUT2D eigenvalue weighted by Crippen LogP contribution is -2.17. The maximum absolute atomic E-state index is 5.78. The van der Waals surface area contributed by atoms with Crippen LogP contribution in [0.4, 0.5) is 0 Å². The number of ether oxygens (including phenoxy) is 1. The topological polar surface area (TPSA) is 38.5 Å². The van der Waals surface area contributed by atoms with Gasteiger partial charge in [0.2, 0.25) is 0 Å². The molecule has 0 radical (unpaired) electrons. The summed E-state index contributed by atoms with van der Waals surface area (Å²) in [6.07, 6.45) is 0. The van der Waals surface area contributed by atoms with Gasteiger partial charge >= 0.3 is 0 Å². The van der Waals surface area contributed by atoms with Gasteiger partial charge < -0.3 is 9.15 Å². The third-order valence-corrected chi connectivity index (χ3v) is 4.51. The van der Waals surface area contributed by atoms with E-state index in [1.165, 1.54) is 5.56 Å². The molecule has 0 amide bonds. The van der Waals surface area contributed by atoms with Gasteiger partial charge in [0.25, 0.3) is 0 Å². The van der Waals surface area contributed by atoms with Gasteiger partial charge in [-0.1, -0.05) is 17.7 Å². The summed E-state index contributed by atoms with van der Waals surface area (Å²) in [5.41, 5.74) is 2.29. The fourth-order valence-corrected chi connectivity index (χ4v) is 3.13. The molecule has 0 saturated heterocycles. The number of benzene rings is 1. The van der Waals surface area contributed by atoms with Crippen LogP contribution in [0.15, 0.2) is 46.2 Å². The van der Waals surface area contributed by atoms with Crippen molar-refractivity contribution in [2.75, 3.05) is 7.05 Å². The Morgan fingerprint density at radius 3 is 2.58 bits per heavy atom. The van der Waals surface area contributed by atoms with Crippen LogP contribution in [-0.2, 0) is 19.7 Å². The highest BCUT2D eigenvalue weighted by Gasteiger charge is 2.08. The van der Waals surface area contributed by atoms with Gasteiger partial charge in [0.15, 0.2) is 0 Å². The van der Waals surface area contributed by atoms with Gasteiger partial charge in [-0.05, 0) is 45.2 Å². The first-order valence-electron chi connectivity index (χ1n) is 7.95. The van der Waals surface area contributed by atoms with E-state index in [0.717, 1.165) is 41.1 Å². The van der Waals surface area contributed by atoms with E-state index in [2.05, 4.69) is 29.2 Å². The minimum absolute atomic E-state index is 0.509. The van der Waals surface area contributed by atoms with Crippen LogP contribution in [0, 0.1) is 13.8 Å². The van der Waals surface area contributed by atoms with Crippen molar-refractivity contribution in [1.82, 2.24) is 9.88 Å². The van der Waals surface area contributed by atoms with E-state index in [9.17, 15) is 0 Å². The van der Waals surface area contributed by atoms with Crippen LogP contribution < -0.4 is 4.74 Å². The Hall–Kier alpha value is -2.11. The lowest BCUT2D eigenvalue weighted by Gasteiger charge is -2.13. The van der Waals surface area contributed by atoms with Crippen LogP contribution >= 0.6 is 11.3 Å². The highest BCUT2D eigenvalue weighted by Crippen LogP contribution is 2.17. The molecule has 0 aliphatic heterocycles. The van der Waals surface area contributed by atoms with E-state index in [4.69, 9.17) is 9.15 Å². The molecule has 0 unspecified atom stereocenters. The van der Waals surface area contributed by atoms with Gasteiger partial charge in [0.1, 0.15) is 28.9 Å². The van der Waals surface area contributed by atoms with Gasteiger partial charge in [0.05, 0.1) is 12.2 Å². The number of hydrogen-bond acceptors (Lipinski definition) is 5. The van der Waals surface area contributed by atoms with Crippen molar-refractivity contribution in [3.8, 4) is 5.75 Å². The van der Waals surface area contributed by atoms with Gasteiger partial charge in [-0.15, -0.1) is 11.3 Å². The number of nitrogens with zero attached hydrogens (tertiary/aromatic N) is 2. The molecule has 126 valence electrons. The van der Waals surface area contributed by atoms with E-state index in [0.29, 0.717) is 6.61 Å². The molecule has 4 nitrogen and oxygen atoms in total. The zero-order chi connectivity index (χ0) is 16.9. The average Bonchev–Trinajstić information content (AvgIpc) is 3.16. The summed E-state index contributed by atoms with van der Waals surface area (Å²) >= 11 is 1.64. The Morgan fingerprint density at radius 1 is 1.08 bits per heavy atom. The van der Waals surface area contributed by atoms with Crippen molar-refractivity contribution in [2.45, 2.75) is 33.5 Å². The number of furan rings is 1. The molecule has 0 aliphatic carbocycles. The Kier molecular flexibility index (Phi) is 5.33. The van der Waals surface area contributed by atoms with E-state index < -0.39 is 0 Å². The highest BCUT2D eigenvalue weighted by atomic mass is 32.1. The SMILES string of the molecule is Cc1ccc(OCc2nc(CN(C)Cc3ccc(C)o3)cs2)cc1. The largest absolute Gasteiger partial charge is 0.486 e. The van der Waals surface area contributed by atoms with Crippen LogP contribution in [0.1, 0.15) is 27.8 Å². The van der Waals surface area contributed by atoms with Crippen molar-refractivity contribution < 1.29 is 9.15 Å². The van der Waals surface area contributed by atoms with Crippen LogP contribution in [-0.4, -0.2) is 16.9 Å². The third-order valence-electron chi connectivity index (χ3n) is 3.64. The molecule has 0 spiro atoms. The number of aromatic nitrogens is 1. The molecule has 0 bridgehead atoms.